The highest BCUT2D eigenvalue weighted by Gasteiger charge is 2.58. The van der Waals surface area contributed by atoms with Gasteiger partial charge in [0.1, 0.15) is 5.92 Å². The summed E-state index contributed by atoms with van der Waals surface area (Å²) in [4.78, 5) is 21.4. The van der Waals surface area contributed by atoms with Crippen LogP contribution in [0.15, 0.2) is 0 Å². The largest absolute Gasteiger partial charge is 0.336 e. The van der Waals surface area contributed by atoms with Crippen LogP contribution >= 0.6 is 0 Å². The van der Waals surface area contributed by atoms with E-state index < -0.39 is 29.6 Å². The Balaban J connectivity index is 2.99. The molecule has 1 rings (SSSR count). The molecule has 0 bridgehead atoms. The summed E-state index contributed by atoms with van der Waals surface area (Å²) in [5.74, 6) is -7.94. The number of imide groups is 1. The second-order valence-electron chi connectivity index (χ2n) is 3.16. The summed E-state index contributed by atoms with van der Waals surface area (Å²) in [6.07, 6.45) is 0. The van der Waals surface area contributed by atoms with Crippen molar-refractivity contribution in [1.29, 1.82) is 0 Å². The molecule has 1 unspecified atom stereocenters. The predicted molar refractivity (Wildman–Crippen MR) is 36.4 cm³/mol. The Morgan fingerprint density at radius 2 is 1.92 bits per heavy atom. The number of nitrogens with one attached hydrogen (secondary N) is 1. The van der Waals surface area contributed by atoms with Gasteiger partial charge in [0.25, 0.3) is 5.91 Å². The van der Waals surface area contributed by atoms with Crippen molar-refractivity contribution < 1.29 is 18.4 Å². The van der Waals surface area contributed by atoms with E-state index in [0.29, 0.717) is 0 Å². The quantitative estimate of drug-likeness (QED) is 0.594. The van der Waals surface area contributed by atoms with E-state index in [9.17, 15) is 18.4 Å². The Hall–Kier alpha value is -1.00. The summed E-state index contributed by atoms with van der Waals surface area (Å²) in [6, 6.07) is 0. The fraction of sp³-hybridized carbons (Fsp3) is 0.714. The number of carbonyl (C=O) groups excluding carboxylic acids is 2. The SMILES string of the molecule is CC(C)C1C(=O)NC(=O)C1(F)F. The zero-order valence-electron chi connectivity index (χ0n) is 6.73. The van der Waals surface area contributed by atoms with Crippen LogP contribution < -0.4 is 5.32 Å². The fourth-order valence-corrected chi connectivity index (χ4v) is 1.30. The molecule has 0 aromatic carbocycles. The first-order valence-electron chi connectivity index (χ1n) is 3.60. The van der Waals surface area contributed by atoms with E-state index in [1.54, 1.807) is 5.32 Å². The molecule has 1 aliphatic rings. The minimum absolute atomic E-state index is 0.536. The van der Waals surface area contributed by atoms with Crippen LogP contribution in [0.25, 0.3) is 0 Å². The number of rotatable bonds is 1. The molecular weight excluding hydrogens is 168 g/mol. The van der Waals surface area contributed by atoms with Gasteiger partial charge in [-0.1, -0.05) is 13.8 Å². The van der Waals surface area contributed by atoms with Crippen molar-refractivity contribution in [1.82, 2.24) is 5.32 Å². The maximum absolute atomic E-state index is 12.9. The number of alkyl halides is 2. The third-order valence-corrected chi connectivity index (χ3v) is 1.88. The molecule has 1 saturated heterocycles. The van der Waals surface area contributed by atoms with Gasteiger partial charge in [-0.25, -0.2) is 0 Å². The van der Waals surface area contributed by atoms with E-state index in [4.69, 9.17) is 0 Å². The molecular formula is C7H9F2NO2. The lowest BCUT2D eigenvalue weighted by molar-refractivity contribution is -0.147. The molecule has 0 saturated carbocycles. The smallest absolute Gasteiger partial charge is 0.291 e. The number of hydrogen-bond acceptors (Lipinski definition) is 2. The molecule has 0 aromatic heterocycles. The fourth-order valence-electron chi connectivity index (χ4n) is 1.30. The summed E-state index contributed by atoms with van der Waals surface area (Å²) in [5, 5.41) is 1.61. The van der Waals surface area contributed by atoms with Gasteiger partial charge >= 0.3 is 5.92 Å². The predicted octanol–water partition coefficient (Wildman–Crippen LogP) is 0.550. The standard InChI is InChI=1S/C7H9F2NO2/c1-3(2)4-5(11)10-6(12)7(4,8)9/h3-4H,1-2H3,(H,10,11,12). The van der Waals surface area contributed by atoms with E-state index in [1.165, 1.54) is 13.8 Å². The maximum Gasteiger partial charge on any atom is 0.336 e. The molecule has 0 radical (unpaired) electrons. The van der Waals surface area contributed by atoms with Gasteiger partial charge in [0.15, 0.2) is 0 Å². The lowest BCUT2D eigenvalue weighted by Gasteiger charge is -2.16. The zero-order valence-corrected chi connectivity index (χ0v) is 6.73. The van der Waals surface area contributed by atoms with E-state index in [0.717, 1.165) is 0 Å². The second kappa shape index (κ2) is 2.50. The summed E-state index contributed by atoms with van der Waals surface area (Å²) in [5.41, 5.74) is 0. The molecule has 1 atom stereocenters. The monoisotopic (exact) mass is 177 g/mol. The van der Waals surface area contributed by atoms with Crippen molar-refractivity contribution in [3.05, 3.63) is 0 Å². The highest BCUT2D eigenvalue weighted by Crippen LogP contribution is 2.35. The third kappa shape index (κ3) is 1.09. The molecule has 1 fully saturated rings. The molecule has 5 heteroatoms. The average Bonchev–Trinajstić information content (AvgIpc) is 2.02. The van der Waals surface area contributed by atoms with Crippen LogP contribution in [0.4, 0.5) is 8.78 Å². The minimum Gasteiger partial charge on any atom is -0.291 e. The van der Waals surface area contributed by atoms with Gasteiger partial charge in [-0.05, 0) is 5.92 Å². The zero-order chi connectivity index (χ0) is 9.52. The minimum atomic E-state index is -3.54. The van der Waals surface area contributed by atoms with Crippen LogP contribution in [0.5, 0.6) is 0 Å². The van der Waals surface area contributed by atoms with Gasteiger partial charge in [0.2, 0.25) is 5.91 Å². The molecule has 68 valence electrons. The van der Waals surface area contributed by atoms with E-state index in [-0.39, 0.29) is 0 Å². The highest BCUT2D eigenvalue weighted by molar-refractivity contribution is 6.08. The van der Waals surface area contributed by atoms with Gasteiger partial charge in [-0.15, -0.1) is 0 Å². The molecule has 0 aliphatic carbocycles. The molecule has 1 N–H and O–H groups in total. The van der Waals surface area contributed by atoms with Crippen molar-refractivity contribution in [3.8, 4) is 0 Å². The lowest BCUT2D eigenvalue weighted by Crippen LogP contribution is -2.35. The number of amides is 2. The van der Waals surface area contributed by atoms with Gasteiger partial charge in [0.05, 0.1) is 0 Å². The Morgan fingerprint density at radius 1 is 1.42 bits per heavy atom. The molecule has 2 amide bonds. The Bertz CT molecular complexity index is 238. The van der Waals surface area contributed by atoms with Gasteiger partial charge < -0.3 is 0 Å². The molecule has 1 aliphatic heterocycles. The topological polar surface area (TPSA) is 46.2 Å². The van der Waals surface area contributed by atoms with E-state index in [1.807, 2.05) is 0 Å². The Morgan fingerprint density at radius 3 is 2.08 bits per heavy atom. The van der Waals surface area contributed by atoms with Crippen molar-refractivity contribution in [2.24, 2.45) is 11.8 Å². The van der Waals surface area contributed by atoms with Crippen molar-refractivity contribution >= 4 is 11.8 Å². The molecule has 0 aromatic rings. The van der Waals surface area contributed by atoms with Crippen LogP contribution in [0.1, 0.15) is 13.8 Å². The highest BCUT2D eigenvalue weighted by atomic mass is 19.3. The number of halogens is 2. The van der Waals surface area contributed by atoms with Crippen LogP contribution in [0, 0.1) is 11.8 Å². The maximum atomic E-state index is 12.9. The molecule has 1 heterocycles. The Labute approximate surface area is 68.1 Å². The first-order valence-corrected chi connectivity index (χ1v) is 3.60. The second-order valence-corrected chi connectivity index (χ2v) is 3.16. The van der Waals surface area contributed by atoms with Crippen molar-refractivity contribution in [3.63, 3.8) is 0 Å². The van der Waals surface area contributed by atoms with Crippen molar-refractivity contribution in [2.45, 2.75) is 19.8 Å². The van der Waals surface area contributed by atoms with Crippen LogP contribution in [0.3, 0.4) is 0 Å². The summed E-state index contributed by atoms with van der Waals surface area (Å²) >= 11 is 0. The van der Waals surface area contributed by atoms with Gasteiger partial charge in [-0.3, -0.25) is 14.9 Å². The summed E-state index contributed by atoms with van der Waals surface area (Å²) in [7, 11) is 0. The summed E-state index contributed by atoms with van der Waals surface area (Å²) < 4.78 is 25.7. The van der Waals surface area contributed by atoms with E-state index >= 15 is 0 Å². The average molecular weight is 177 g/mol. The van der Waals surface area contributed by atoms with Crippen LogP contribution in [-0.2, 0) is 9.59 Å². The molecule has 0 spiro atoms. The number of carbonyl (C=O) groups is 2. The first kappa shape index (κ1) is 9.09. The molecule has 12 heavy (non-hydrogen) atoms. The van der Waals surface area contributed by atoms with Gasteiger partial charge in [-0.2, -0.15) is 8.78 Å². The van der Waals surface area contributed by atoms with E-state index in [2.05, 4.69) is 0 Å². The van der Waals surface area contributed by atoms with Crippen LogP contribution in [0.2, 0.25) is 0 Å². The first-order chi connectivity index (χ1) is 5.37. The van der Waals surface area contributed by atoms with Gasteiger partial charge in [0, 0.05) is 0 Å². The Kier molecular flexibility index (Phi) is 1.89. The lowest BCUT2D eigenvalue weighted by atomic mass is 9.91. The third-order valence-electron chi connectivity index (χ3n) is 1.88. The van der Waals surface area contributed by atoms with Crippen LogP contribution in [-0.4, -0.2) is 17.7 Å². The molecule has 3 nitrogen and oxygen atoms in total. The number of hydrogen-bond donors (Lipinski definition) is 1. The summed E-state index contributed by atoms with van der Waals surface area (Å²) in [6.45, 7) is 2.97. The normalized spacial score (nSPS) is 27.9. The van der Waals surface area contributed by atoms with Crippen molar-refractivity contribution in [2.75, 3.05) is 0 Å².